The number of nitrogens with one attached hydrogen (secondary N) is 2. The molecule has 0 fully saturated rings. The second-order valence-corrected chi connectivity index (χ2v) is 3.78. The van der Waals surface area contributed by atoms with Gasteiger partial charge in [-0.1, -0.05) is 23.2 Å². The summed E-state index contributed by atoms with van der Waals surface area (Å²) in [6, 6.07) is 4.60. The van der Waals surface area contributed by atoms with Crippen molar-refractivity contribution in [2.75, 3.05) is 11.9 Å². The molecule has 6 heteroatoms. The van der Waals surface area contributed by atoms with Crippen LogP contribution in [0.5, 0.6) is 0 Å². The van der Waals surface area contributed by atoms with Crippen molar-refractivity contribution in [3.8, 4) is 0 Å². The van der Waals surface area contributed by atoms with Crippen LogP contribution < -0.4 is 10.6 Å². The van der Waals surface area contributed by atoms with Gasteiger partial charge in [0.15, 0.2) is 0 Å². The Labute approximate surface area is 103 Å². The first kappa shape index (κ1) is 12.8. The molecule has 0 heterocycles. The van der Waals surface area contributed by atoms with E-state index >= 15 is 0 Å². The largest absolute Gasteiger partial charge is 0.348 e. The maximum absolute atomic E-state index is 11.3. The molecule has 16 heavy (non-hydrogen) atoms. The Bertz CT molecular complexity index is 421. The highest BCUT2D eigenvalue weighted by molar-refractivity contribution is 6.42. The summed E-state index contributed by atoms with van der Waals surface area (Å²) in [5, 5.41) is 5.49. The van der Waals surface area contributed by atoms with Crippen LogP contribution in [0.2, 0.25) is 10.0 Å². The van der Waals surface area contributed by atoms with Gasteiger partial charge in [0.05, 0.1) is 10.7 Å². The number of likely N-dealkylation sites (N-methyl/N-ethyl adjacent to an activating group) is 1. The molecule has 0 bridgehead atoms. The predicted octanol–water partition coefficient (Wildman–Crippen LogP) is 2.07. The molecule has 4 nitrogen and oxygen atoms in total. The van der Waals surface area contributed by atoms with Crippen molar-refractivity contribution in [3.05, 3.63) is 28.2 Å². The van der Waals surface area contributed by atoms with Crippen LogP contribution in [0.1, 0.15) is 6.92 Å². The van der Waals surface area contributed by atoms with Crippen LogP contribution >= 0.6 is 23.2 Å². The number of halogens is 2. The molecule has 0 radical (unpaired) electrons. The topological polar surface area (TPSA) is 58.2 Å². The summed E-state index contributed by atoms with van der Waals surface area (Å²) in [6.07, 6.45) is 0. The molecule has 1 aromatic rings. The van der Waals surface area contributed by atoms with Crippen molar-refractivity contribution in [2.45, 2.75) is 6.92 Å². The Morgan fingerprint density at radius 1 is 1.25 bits per heavy atom. The predicted molar refractivity (Wildman–Crippen MR) is 63.8 cm³/mol. The maximum Gasteiger partial charge on any atom is 0.313 e. The highest BCUT2D eigenvalue weighted by Gasteiger charge is 2.13. The molecular weight excluding hydrogens is 251 g/mol. The van der Waals surface area contributed by atoms with E-state index in [-0.39, 0.29) is 0 Å². The average Bonchev–Trinajstić information content (AvgIpc) is 2.23. The van der Waals surface area contributed by atoms with Crippen LogP contribution in [0.4, 0.5) is 5.69 Å². The zero-order valence-electron chi connectivity index (χ0n) is 8.51. The van der Waals surface area contributed by atoms with Gasteiger partial charge in [0.1, 0.15) is 0 Å². The zero-order chi connectivity index (χ0) is 12.1. The fourth-order valence-corrected chi connectivity index (χ4v) is 1.35. The molecular formula is C10H10Cl2N2O2. The van der Waals surface area contributed by atoms with E-state index in [1.807, 2.05) is 0 Å². The first-order valence-electron chi connectivity index (χ1n) is 4.58. The Morgan fingerprint density at radius 2 is 1.94 bits per heavy atom. The quantitative estimate of drug-likeness (QED) is 0.800. The number of anilines is 1. The molecule has 0 saturated carbocycles. The van der Waals surface area contributed by atoms with E-state index in [1.165, 1.54) is 12.1 Å². The summed E-state index contributed by atoms with van der Waals surface area (Å²) in [5.74, 6) is -1.48. The minimum absolute atomic E-state index is 0.311. The molecule has 1 aromatic carbocycles. The molecule has 0 saturated heterocycles. The van der Waals surface area contributed by atoms with E-state index in [1.54, 1.807) is 13.0 Å². The lowest BCUT2D eigenvalue weighted by Gasteiger charge is -2.07. The number of amides is 2. The highest BCUT2D eigenvalue weighted by atomic mass is 35.5. The van der Waals surface area contributed by atoms with Crippen molar-refractivity contribution in [1.29, 1.82) is 0 Å². The van der Waals surface area contributed by atoms with Gasteiger partial charge in [-0.25, -0.2) is 0 Å². The third-order valence-electron chi connectivity index (χ3n) is 1.72. The van der Waals surface area contributed by atoms with E-state index in [0.29, 0.717) is 22.3 Å². The lowest BCUT2D eigenvalue weighted by atomic mass is 10.3. The molecule has 2 amide bonds. The van der Waals surface area contributed by atoms with Gasteiger partial charge in [-0.05, 0) is 25.1 Å². The number of benzene rings is 1. The smallest absolute Gasteiger partial charge is 0.313 e. The maximum atomic E-state index is 11.3. The molecule has 0 atom stereocenters. The van der Waals surface area contributed by atoms with Crippen LogP contribution in [-0.2, 0) is 9.59 Å². The van der Waals surface area contributed by atoms with Crippen LogP contribution in [0, 0.1) is 0 Å². The summed E-state index contributed by atoms with van der Waals surface area (Å²) in [5.41, 5.74) is 0.311. The third kappa shape index (κ3) is 3.40. The van der Waals surface area contributed by atoms with Crippen molar-refractivity contribution in [2.24, 2.45) is 0 Å². The molecule has 0 aliphatic carbocycles. The highest BCUT2D eigenvalue weighted by Crippen LogP contribution is 2.25. The molecule has 0 spiro atoms. The molecule has 86 valence electrons. The first-order valence-corrected chi connectivity index (χ1v) is 5.34. The van der Waals surface area contributed by atoms with Gasteiger partial charge in [-0.2, -0.15) is 0 Å². The molecule has 2 N–H and O–H groups in total. The minimum Gasteiger partial charge on any atom is -0.348 e. The Morgan fingerprint density at radius 3 is 2.56 bits per heavy atom. The lowest BCUT2D eigenvalue weighted by Crippen LogP contribution is -2.35. The average molecular weight is 261 g/mol. The molecule has 0 aliphatic heterocycles. The number of carbonyl (C=O) groups is 2. The number of carbonyl (C=O) groups excluding carboxylic acids is 2. The summed E-state index contributed by atoms with van der Waals surface area (Å²) < 4.78 is 0. The van der Waals surface area contributed by atoms with Gasteiger partial charge in [0.2, 0.25) is 0 Å². The molecule has 0 unspecified atom stereocenters. The van der Waals surface area contributed by atoms with Crippen molar-refractivity contribution in [3.63, 3.8) is 0 Å². The second-order valence-electron chi connectivity index (χ2n) is 2.94. The zero-order valence-corrected chi connectivity index (χ0v) is 10.0. The van der Waals surface area contributed by atoms with Crippen LogP contribution in [0.25, 0.3) is 0 Å². The van der Waals surface area contributed by atoms with Crippen molar-refractivity contribution in [1.82, 2.24) is 5.32 Å². The summed E-state index contributed by atoms with van der Waals surface area (Å²) in [7, 11) is 0. The van der Waals surface area contributed by atoms with Gasteiger partial charge in [0, 0.05) is 11.6 Å². The van der Waals surface area contributed by atoms with Crippen molar-refractivity contribution < 1.29 is 9.59 Å². The summed E-state index contributed by atoms with van der Waals surface area (Å²) in [4.78, 5) is 22.5. The molecule has 1 rings (SSSR count). The fraction of sp³-hybridized carbons (Fsp3) is 0.200. The van der Waals surface area contributed by atoms with Gasteiger partial charge in [-0.3, -0.25) is 9.59 Å². The Hall–Kier alpha value is -1.26. The van der Waals surface area contributed by atoms with Crippen LogP contribution in [0.15, 0.2) is 18.2 Å². The normalized spacial score (nSPS) is 9.69. The monoisotopic (exact) mass is 260 g/mol. The number of hydrogen-bond acceptors (Lipinski definition) is 2. The Kier molecular flexibility index (Phi) is 4.58. The minimum atomic E-state index is -0.772. The third-order valence-corrected chi connectivity index (χ3v) is 2.28. The molecule has 0 aromatic heterocycles. The van der Waals surface area contributed by atoms with E-state index in [9.17, 15) is 9.59 Å². The van der Waals surface area contributed by atoms with Gasteiger partial charge < -0.3 is 10.6 Å². The van der Waals surface area contributed by atoms with Crippen LogP contribution in [0.3, 0.4) is 0 Å². The Balaban J connectivity index is 2.76. The SMILES string of the molecule is CCNC(=O)C(=O)Nc1cc(Cl)ccc1Cl. The number of rotatable bonds is 2. The summed E-state index contributed by atoms with van der Waals surface area (Å²) >= 11 is 11.5. The summed E-state index contributed by atoms with van der Waals surface area (Å²) in [6.45, 7) is 2.10. The van der Waals surface area contributed by atoms with Gasteiger partial charge >= 0.3 is 11.8 Å². The standard InChI is InChI=1S/C10H10Cl2N2O2/c1-2-13-9(15)10(16)14-8-5-6(11)3-4-7(8)12/h3-5H,2H2,1H3,(H,13,15)(H,14,16). The van der Waals surface area contributed by atoms with Gasteiger partial charge in [-0.15, -0.1) is 0 Å². The van der Waals surface area contributed by atoms with E-state index in [4.69, 9.17) is 23.2 Å². The van der Waals surface area contributed by atoms with Crippen LogP contribution in [-0.4, -0.2) is 18.4 Å². The first-order chi connectivity index (χ1) is 7.54. The van der Waals surface area contributed by atoms with E-state index in [2.05, 4.69) is 10.6 Å². The lowest BCUT2D eigenvalue weighted by molar-refractivity contribution is -0.136. The molecule has 0 aliphatic rings. The van der Waals surface area contributed by atoms with E-state index in [0.717, 1.165) is 0 Å². The van der Waals surface area contributed by atoms with Crippen molar-refractivity contribution >= 4 is 40.7 Å². The second kappa shape index (κ2) is 5.72. The number of hydrogen-bond donors (Lipinski definition) is 2. The fourth-order valence-electron chi connectivity index (χ4n) is 1.01. The van der Waals surface area contributed by atoms with E-state index < -0.39 is 11.8 Å². The van der Waals surface area contributed by atoms with Gasteiger partial charge in [0.25, 0.3) is 0 Å².